The second-order valence-corrected chi connectivity index (χ2v) is 7.44. The Labute approximate surface area is 171 Å². The topological polar surface area (TPSA) is 30.0 Å². The number of aromatic nitrogens is 1. The highest BCUT2D eigenvalue weighted by Gasteiger charge is 2.18. The molecule has 1 heterocycles. The summed E-state index contributed by atoms with van der Waals surface area (Å²) in [5.41, 5.74) is 7.67. The normalized spacial score (nSPS) is 11.3. The largest absolute Gasteiger partial charge is 0.289 e. The van der Waals surface area contributed by atoms with Crippen molar-refractivity contribution in [3.05, 3.63) is 107 Å². The Bertz CT molecular complexity index is 1230. The fraction of sp³-hybridized carbons (Fsp3) is 0.111. The van der Waals surface area contributed by atoms with Gasteiger partial charge in [-0.2, -0.15) is 0 Å². The van der Waals surface area contributed by atoms with Crippen molar-refractivity contribution in [1.82, 2.24) is 4.98 Å². The number of ketones is 1. The SMILES string of the molecule is Cc1ccc(-c2c(C(=O)/C=C/c3cccc(C)c3)c(C)nc3ccccc23)cc1. The molecule has 0 bridgehead atoms. The zero-order chi connectivity index (χ0) is 20.4. The maximum Gasteiger partial charge on any atom is 0.188 e. The summed E-state index contributed by atoms with van der Waals surface area (Å²) >= 11 is 0. The molecule has 4 rings (SSSR count). The molecule has 0 aliphatic carbocycles. The van der Waals surface area contributed by atoms with E-state index in [0.717, 1.165) is 33.3 Å². The number of rotatable bonds is 4. The lowest BCUT2D eigenvalue weighted by molar-refractivity contribution is 0.104. The molecule has 2 nitrogen and oxygen atoms in total. The molecule has 0 spiro atoms. The van der Waals surface area contributed by atoms with Crippen LogP contribution in [0.4, 0.5) is 0 Å². The first-order valence-electron chi connectivity index (χ1n) is 9.78. The van der Waals surface area contributed by atoms with Gasteiger partial charge < -0.3 is 0 Å². The third-order valence-electron chi connectivity index (χ3n) is 5.13. The molecule has 0 fully saturated rings. The maximum atomic E-state index is 13.3. The number of aryl methyl sites for hydroxylation is 3. The van der Waals surface area contributed by atoms with Crippen molar-refractivity contribution in [1.29, 1.82) is 0 Å². The first kappa shape index (κ1) is 18.8. The average Bonchev–Trinajstić information content (AvgIpc) is 2.72. The first-order valence-corrected chi connectivity index (χ1v) is 9.78. The predicted octanol–water partition coefficient (Wildman–Crippen LogP) is 6.72. The van der Waals surface area contributed by atoms with Gasteiger partial charge in [-0.25, -0.2) is 0 Å². The van der Waals surface area contributed by atoms with E-state index in [-0.39, 0.29) is 5.78 Å². The molecule has 0 N–H and O–H groups in total. The first-order chi connectivity index (χ1) is 14.0. The monoisotopic (exact) mass is 377 g/mol. The summed E-state index contributed by atoms with van der Waals surface area (Å²) in [6.07, 6.45) is 3.54. The number of carbonyl (C=O) groups is 1. The molecular formula is C27H23NO. The highest BCUT2D eigenvalue weighted by Crippen LogP contribution is 2.33. The van der Waals surface area contributed by atoms with Gasteiger partial charge in [-0.15, -0.1) is 0 Å². The van der Waals surface area contributed by atoms with E-state index in [4.69, 9.17) is 4.98 Å². The van der Waals surface area contributed by atoms with E-state index in [0.29, 0.717) is 5.56 Å². The summed E-state index contributed by atoms with van der Waals surface area (Å²) < 4.78 is 0. The molecule has 0 atom stereocenters. The fourth-order valence-corrected chi connectivity index (χ4v) is 3.69. The summed E-state index contributed by atoms with van der Waals surface area (Å²) in [6, 6.07) is 24.4. The van der Waals surface area contributed by atoms with E-state index in [1.807, 2.05) is 62.4 Å². The molecule has 0 saturated heterocycles. The van der Waals surface area contributed by atoms with Crippen LogP contribution < -0.4 is 0 Å². The Morgan fingerprint density at radius 3 is 2.34 bits per heavy atom. The van der Waals surface area contributed by atoms with Crippen molar-refractivity contribution in [2.75, 3.05) is 0 Å². The van der Waals surface area contributed by atoms with E-state index in [1.165, 1.54) is 11.1 Å². The maximum absolute atomic E-state index is 13.3. The van der Waals surface area contributed by atoms with Crippen LogP contribution in [-0.4, -0.2) is 10.8 Å². The summed E-state index contributed by atoms with van der Waals surface area (Å²) in [7, 11) is 0. The molecule has 0 unspecified atom stereocenters. The zero-order valence-corrected chi connectivity index (χ0v) is 16.9. The van der Waals surface area contributed by atoms with Gasteiger partial charge in [0.1, 0.15) is 0 Å². The van der Waals surface area contributed by atoms with E-state index in [2.05, 4.69) is 37.3 Å². The molecule has 3 aromatic carbocycles. The Morgan fingerprint density at radius 1 is 0.828 bits per heavy atom. The lowest BCUT2D eigenvalue weighted by Crippen LogP contribution is -2.05. The van der Waals surface area contributed by atoms with Gasteiger partial charge in [0.15, 0.2) is 5.78 Å². The van der Waals surface area contributed by atoms with E-state index in [9.17, 15) is 4.79 Å². The predicted molar refractivity (Wildman–Crippen MR) is 121 cm³/mol. The van der Waals surface area contributed by atoms with Crippen molar-refractivity contribution >= 4 is 22.8 Å². The minimum Gasteiger partial charge on any atom is -0.289 e. The van der Waals surface area contributed by atoms with Gasteiger partial charge in [-0.3, -0.25) is 9.78 Å². The molecule has 0 aliphatic rings. The van der Waals surface area contributed by atoms with Crippen LogP contribution in [0.25, 0.3) is 28.1 Å². The summed E-state index contributed by atoms with van der Waals surface area (Å²) in [5, 5.41) is 0.995. The lowest BCUT2D eigenvalue weighted by Gasteiger charge is -2.14. The van der Waals surface area contributed by atoms with Gasteiger partial charge in [0.2, 0.25) is 0 Å². The number of para-hydroxylation sites is 1. The average molecular weight is 377 g/mol. The van der Waals surface area contributed by atoms with Crippen LogP contribution in [0.5, 0.6) is 0 Å². The third kappa shape index (κ3) is 3.88. The summed E-state index contributed by atoms with van der Waals surface area (Å²) in [4.78, 5) is 18.0. The minimum absolute atomic E-state index is 0.0298. The Morgan fingerprint density at radius 2 is 1.59 bits per heavy atom. The van der Waals surface area contributed by atoms with E-state index < -0.39 is 0 Å². The zero-order valence-electron chi connectivity index (χ0n) is 16.9. The Hall–Kier alpha value is -3.52. The quantitative estimate of drug-likeness (QED) is 0.292. The molecule has 0 radical (unpaired) electrons. The molecular weight excluding hydrogens is 354 g/mol. The van der Waals surface area contributed by atoms with Crippen LogP contribution in [0.3, 0.4) is 0 Å². The summed E-state index contributed by atoms with van der Waals surface area (Å²) in [5.74, 6) is -0.0298. The third-order valence-corrected chi connectivity index (χ3v) is 5.13. The second kappa shape index (κ2) is 7.84. The van der Waals surface area contributed by atoms with E-state index >= 15 is 0 Å². The standard InChI is InChI=1S/C27H23NO/c1-18-11-14-22(15-12-18)27-23-9-4-5-10-24(23)28-20(3)26(27)25(29)16-13-21-8-6-7-19(2)17-21/h4-17H,1-3H3/b16-13+. The van der Waals surface area contributed by atoms with Crippen molar-refractivity contribution in [3.8, 4) is 11.1 Å². The van der Waals surface area contributed by atoms with Crippen LogP contribution in [0.1, 0.15) is 32.7 Å². The highest BCUT2D eigenvalue weighted by atomic mass is 16.1. The number of hydrogen-bond acceptors (Lipinski definition) is 2. The van der Waals surface area contributed by atoms with Gasteiger partial charge in [0, 0.05) is 16.6 Å². The Kier molecular flexibility index (Phi) is 5.09. The molecule has 142 valence electrons. The van der Waals surface area contributed by atoms with Crippen molar-refractivity contribution in [2.24, 2.45) is 0 Å². The van der Waals surface area contributed by atoms with Crippen LogP contribution >= 0.6 is 0 Å². The van der Waals surface area contributed by atoms with Gasteiger partial charge in [0.05, 0.1) is 11.1 Å². The van der Waals surface area contributed by atoms with Gasteiger partial charge in [0.25, 0.3) is 0 Å². The van der Waals surface area contributed by atoms with Crippen LogP contribution in [0.2, 0.25) is 0 Å². The number of nitrogens with zero attached hydrogens (tertiary/aromatic N) is 1. The van der Waals surface area contributed by atoms with Crippen LogP contribution in [0.15, 0.2) is 78.9 Å². The minimum atomic E-state index is -0.0298. The van der Waals surface area contributed by atoms with E-state index in [1.54, 1.807) is 6.08 Å². The molecule has 0 amide bonds. The highest BCUT2D eigenvalue weighted by molar-refractivity contribution is 6.16. The van der Waals surface area contributed by atoms with Crippen LogP contribution in [-0.2, 0) is 0 Å². The van der Waals surface area contributed by atoms with Crippen LogP contribution in [0, 0.1) is 20.8 Å². The van der Waals surface area contributed by atoms with Gasteiger partial charge in [-0.1, -0.05) is 83.9 Å². The summed E-state index contributed by atoms with van der Waals surface area (Å²) in [6.45, 7) is 6.03. The van der Waals surface area contributed by atoms with Crippen molar-refractivity contribution in [3.63, 3.8) is 0 Å². The van der Waals surface area contributed by atoms with Gasteiger partial charge in [-0.05, 0) is 44.0 Å². The lowest BCUT2D eigenvalue weighted by atomic mass is 9.91. The number of benzene rings is 3. The van der Waals surface area contributed by atoms with Crippen molar-refractivity contribution in [2.45, 2.75) is 20.8 Å². The van der Waals surface area contributed by atoms with Crippen molar-refractivity contribution < 1.29 is 4.79 Å². The molecule has 0 aliphatic heterocycles. The number of fused-ring (bicyclic) bond motifs is 1. The smallest absolute Gasteiger partial charge is 0.188 e. The molecule has 4 aromatic rings. The molecule has 0 saturated carbocycles. The number of allylic oxidation sites excluding steroid dienone is 1. The molecule has 29 heavy (non-hydrogen) atoms. The van der Waals surface area contributed by atoms with Gasteiger partial charge >= 0.3 is 0 Å². The number of pyridine rings is 1. The number of carbonyl (C=O) groups excluding carboxylic acids is 1. The fourth-order valence-electron chi connectivity index (χ4n) is 3.69. The molecule has 2 heteroatoms. The Balaban J connectivity index is 1.89. The second-order valence-electron chi connectivity index (χ2n) is 7.44. The molecule has 1 aromatic heterocycles. The number of hydrogen-bond donors (Lipinski definition) is 0.